The summed E-state index contributed by atoms with van der Waals surface area (Å²) in [6, 6.07) is 5.65. The largest absolute Gasteiger partial charge is 0.375 e. The van der Waals surface area contributed by atoms with Crippen molar-refractivity contribution < 1.29 is 14.3 Å². The SMILES string of the molecule is COCC(=O)Nc1ccc(N2CCCC2)c(C(=O)N2CCCCC2)c1. The van der Waals surface area contributed by atoms with Crippen LogP contribution in [0.4, 0.5) is 11.4 Å². The maximum absolute atomic E-state index is 13.1. The zero-order valence-electron chi connectivity index (χ0n) is 14.9. The Morgan fingerprint density at radius 2 is 1.72 bits per heavy atom. The van der Waals surface area contributed by atoms with Gasteiger partial charge in [-0.05, 0) is 50.3 Å². The van der Waals surface area contributed by atoms with Crippen molar-refractivity contribution in [1.82, 2.24) is 4.90 Å². The second kappa shape index (κ2) is 8.34. The standard InChI is InChI=1S/C19H27N3O3/c1-25-14-18(23)20-15-7-8-17(21-9-5-6-10-21)16(13-15)19(24)22-11-3-2-4-12-22/h7-8,13H,2-6,9-12,14H2,1H3,(H,20,23). The van der Waals surface area contributed by atoms with Crippen molar-refractivity contribution in [1.29, 1.82) is 0 Å². The van der Waals surface area contributed by atoms with E-state index in [0.29, 0.717) is 11.3 Å². The predicted molar refractivity (Wildman–Crippen MR) is 98.1 cm³/mol. The number of likely N-dealkylation sites (tertiary alicyclic amines) is 1. The molecule has 0 saturated carbocycles. The summed E-state index contributed by atoms with van der Waals surface area (Å²) in [5, 5.41) is 2.81. The first kappa shape index (κ1) is 17.7. The number of anilines is 2. The first-order chi connectivity index (χ1) is 12.2. The van der Waals surface area contributed by atoms with Crippen molar-refractivity contribution in [3.05, 3.63) is 23.8 Å². The van der Waals surface area contributed by atoms with Crippen molar-refractivity contribution in [2.75, 3.05) is 50.1 Å². The second-order valence-electron chi connectivity index (χ2n) is 6.76. The lowest BCUT2D eigenvalue weighted by molar-refractivity contribution is -0.119. The molecule has 0 spiro atoms. The van der Waals surface area contributed by atoms with Crippen LogP contribution >= 0.6 is 0 Å². The molecule has 6 heteroatoms. The van der Waals surface area contributed by atoms with E-state index in [1.54, 1.807) is 0 Å². The number of carbonyl (C=O) groups is 2. The van der Waals surface area contributed by atoms with Gasteiger partial charge < -0.3 is 19.9 Å². The van der Waals surface area contributed by atoms with Gasteiger partial charge >= 0.3 is 0 Å². The smallest absolute Gasteiger partial charge is 0.256 e. The molecule has 2 fully saturated rings. The lowest BCUT2D eigenvalue weighted by atomic mass is 10.1. The molecule has 25 heavy (non-hydrogen) atoms. The molecule has 2 aliphatic heterocycles. The third kappa shape index (κ3) is 4.31. The Morgan fingerprint density at radius 1 is 1.04 bits per heavy atom. The van der Waals surface area contributed by atoms with Crippen LogP contribution in [-0.2, 0) is 9.53 Å². The molecule has 2 heterocycles. The molecule has 0 aromatic heterocycles. The van der Waals surface area contributed by atoms with E-state index in [0.717, 1.165) is 57.5 Å². The molecule has 1 N–H and O–H groups in total. The van der Waals surface area contributed by atoms with Crippen LogP contribution < -0.4 is 10.2 Å². The van der Waals surface area contributed by atoms with Gasteiger partial charge in [-0.3, -0.25) is 9.59 Å². The van der Waals surface area contributed by atoms with Crippen LogP contribution in [0.3, 0.4) is 0 Å². The highest BCUT2D eigenvalue weighted by Gasteiger charge is 2.25. The van der Waals surface area contributed by atoms with Crippen molar-refractivity contribution in [2.24, 2.45) is 0 Å². The van der Waals surface area contributed by atoms with E-state index in [4.69, 9.17) is 4.74 Å². The number of hydrogen-bond acceptors (Lipinski definition) is 4. The zero-order valence-corrected chi connectivity index (χ0v) is 14.9. The fraction of sp³-hybridized carbons (Fsp3) is 0.579. The van der Waals surface area contributed by atoms with Gasteiger partial charge in [-0.2, -0.15) is 0 Å². The van der Waals surface area contributed by atoms with Gasteiger partial charge in [0, 0.05) is 44.7 Å². The molecule has 2 saturated heterocycles. The third-order valence-electron chi connectivity index (χ3n) is 4.88. The number of rotatable bonds is 5. The van der Waals surface area contributed by atoms with E-state index >= 15 is 0 Å². The zero-order chi connectivity index (χ0) is 17.6. The highest BCUT2D eigenvalue weighted by molar-refractivity contribution is 6.02. The average molecular weight is 345 g/mol. The maximum atomic E-state index is 13.1. The van der Waals surface area contributed by atoms with Crippen LogP contribution in [0.1, 0.15) is 42.5 Å². The van der Waals surface area contributed by atoms with Crippen LogP contribution in [0.5, 0.6) is 0 Å². The van der Waals surface area contributed by atoms with Crippen LogP contribution in [0, 0.1) is 0 Å². The molecule has 1 aromatic rings. The van der Waals surface area contributed by atoms with E-state index in [2.05, 4.69) is 10.2 Å². The molecule has 0 atom stereocenters. The molecular weight excluding hydrogens is 318 g/mol. The molecule has 2 amide bonds. The van der Waals surface area contributed by atoms with Crippen LogP contribution in [0.25, 0.3) is 0 Å². The van der Waals surface area contributed by atoms with Gasteiger partial charge in [0.1, 0.15) is 6.61 Å². The van der Waals surface area contributed by atoms with E-state index in [9.17, 15) is 9.59 Å². The summed E-state index contributed by atoms with van der Waals surface area (Å²) in [6.45, 7) is 3.60. The average Bonchev–Trinajstić information content (AvgIpc) is 3.16. The van der Waals surface area contributed by atoms with Gasteiger partial charge in [0.2, 0.25) is 5.91 Å². The summed E-state index contributed by atoms with van der Waals surface area (Å²) in [5.74, 6) is -0.141. The molecule has 136 valence electrons. The number of amides is 2. The predicted octanol–water partition coefficient (Wildman–Crippen LogP) is 2.50. The van der Waals surface area contributed by atoms with Crippen molar-refractivity contribution >= 4 is 23.2 Å². The molecule has 6 nitrogen and oxygen atoms in total. The third-order valence-corrected chi connectivity index (χ3v) is 4.88. The Balaban J connectivity index is 1.86. The fourth-order valence-electron chi connectivity index (χ4n) is 3.61. The second-order valence-corrected chi connectivity index (χ2v) is 6.76. The van der Waals surface area contributed by atoms with Gasteiger partial charge in [0.15, 0.2) is 0 Å². The van der Waals surface area contributed by atoms with Crippen molar-refractivity contribution in [3.8, 4) is 0 Å². The fourth-order valence-corrected chi connectivity index (χ4v) is 3.61. The Hall–Kier alpha value is -2.08. The molecule has 1 aromatic carbocycles. The molecule has 3 rings (SSSR count). The lowest BCUT2D eigenvalue weighted by Gasteiger charge is -2.29. The number of ether oxygens (including phenoxy) is 1. The Morgan fingerprint density at radius 3 is 2.40 bits per heavy atom. The number of nitrogens with zero attached hydrogens (tertiary/aromatic N) is 2. The first-order valence-electron chi connectivity index (χ1n) is 9.16. The number of hydrogen-bond donors (Lipinski definition) is 1. The number of piperidine rings is 1. The molecule has 0 unspecified atom stereocenters. The van der Waals surface area contributed by atoms with Crippen LogP contribution in [0.2, 0.25) is 0 Å². The van der Waals surface area contributed by atoms with Gasteiger partial charge in [-0.15, -0.1) is 0 Å². The van der Waals surface area contributed by atoms with Gasteiger partial charge in [0.05, 0.1) is 5.56 Å². The summed E-state index contributed by atoms with van der Waals surface area (Å²) in [7, 11) is 1.49. The minimum Gasteiger partial charge on any atom is -0.375 e. The van der Waals surface area contributed by atoms with Gasteiger partial charge in [-0.25, -0.2) is 0 Å². The van der Waals surface area contributed by atoms with Crippen molar-refractivity contribution in [2.45, 2.75) is 32.1 Å². The molecular formula is C19H27N3O3. The van der Waals surface area contributed by atoms with Crippen LogP contribution in [0.15, 0.2) is 18.2 Å². The Bertz CT molecular complexity index is 620. The first-order valence-corrected chi connectivity index (χ1v) is 9.16. The van der Waals surface area contributed by atoms with Crippen LogP contribution in [-0.4, -0.2) is 56.6 Å². The summed E-state index contributed by atoms with van der Waals surface area (Å²) in [5.41, 5.74) is 2.32. The monoisotopic (exact) mass is 345 g/mol. The highest BCUT2D eigenvalue weighted by atomic mass is 16.5. The summed E-state index contributed by atoms with van der Waals surface area (Å²) in [6.07, 6.45) is 5.63. The minimum atomic E-state index is -0.215. The number of carbonyl (C=O) groups excluding carboxylic acids is 2. The van der Waals surface area contributed by atoms with Gasteiger partial charge in [-0.1, -0.05) is 0 Å². The van der Waals surface area contributed by atoms with Crippen molar-refractivity contribution in [3.63, 3.8) is 0 Å². The summed E-state index contributed by atoms with van der Waals surface area (Å²) in [4.78, 5) is 29.1. The minimum absolute atomic E-state index is 0.00326. The van der Waals surface area contributed by atoms with E-state index in [1.165, 1.54) is 13.5 Å². The highest BCUT2D eigenvalue weighted by Crippen LogP contribution is 2.29. The quantitative estimate of drug-likeness (QED) is 0.891. The van der Waals surface area contributed by atoms with E-state index in [-0.39, 0.29) is 18.4 Å². The van der Waals surface area contributed by atoms with Gasteiger partial charge in [0.25, 0.3) is 5.91 Å². The number of benzene rings is 1. The molecule has 0 radical (unpaired) electrons. The van der Waals surface area contributed by atoms with E-state index in [1.807, 2.05) is 23.1 Å². The topological polar surface area (TPSA) is 61.9 Å². The summed E-state index contributed by atoms with van der Waals surface area (Å²) >= 11 is 0. The van der Waals surface area contributed by atoms with E-state index < -0.39 is 0 Å². The number of methoxy groups -OCH3 is 1. The normalized spacial score (nSPS) is 17.6. The molecule has 2 aliphatic rings. The lowest BCUT2D eigenvalue weighted by Crippen LogP contribution is -2.36. The molecule has 0 aliphatic carbocycles. The maximum Gasteiger partial charge on any atom is 0.256 e. The number of nitrogens with one attached hydrogen (secondary N) is 1. The Labute approximate surface area is 149 Å². The summed E-state index contributed by atoms with van der Waals surface area (Å²) < 4.78 is 4.86. The molecule has 0 bridgehead atoms. The Kier molecular flexibility index (Phi) is 5.91.